The average Bonchev–Trinajstić information content (AvgIpc) is 2.37. The number of nitrogens with one attached hydrogen (secondary N) is 2. The minimum absolute atomic E-state index is 0.400. The summed E-state index contributed by atoms with van der Waals surface area (Å²) in [5, 5.41) is 7.13. The molecule has 0 aromatic carbocycles. The van der Waals surface area contributed by atoms with Crippen LogP contribution in [0.2, 0.25) is 0 Å². The van der Waals surface area contributed by atoms with Crippen LogP contribution in [0, 0.1) is 5.92 Å². The van der Waals surface area contributed by atoms with Crippen LogP contribution >= 0.6 is 0 Å². The van der Waals surface area contributed by atoms with Crippen LogP contribution in [0.1, 0.15) is 79.6 Å². The van der Waals surface area contributed by atoms with Gasteiger partial charge in [0.1, 0.15) is 0 Å². The van der Waals surface area contributed by atoms with Gasteiger partial charge in [-0.2, -0.15) is 0 Å². The Morgan fingerprint density at radius 3 is 2.21 bits per heavy atom. The van der Waals surface area contributed by atoms with E-state index in [9.17, 15) is 0 Å². The van der Waals surface area contributed by atoms with Crippen LogP contribution < -0.4 is 10.6 Å². The molecular weight excluding hydrogens is 232 g/mol. The zero-order valence-electron chi connectivity index (χ0n) is 13.9. The Morgan fingerprint density at radius 2 is 1.79 bits per heavy atom. The second kappa shape index (κ2) is 8.26. The van der Waals surface area contributed by atoms with Crippen molar-refractivity contribution in [3.05, 3.63) is 0 Å². The van der Waals surface area contributed by atoms with Crippen molar-refractivity contribution in [2.24, 2.45) is 5.92 Å². The molecule has 2 aliphatic heterocycles. The Hall–Kier alpha value is -0.0800. The normalized spacial score (nSPS) is 34.3. The minimum Gasteiger partial charge on any atom is -0.314 e. The molecule has 3 atom stereocenters. The molecular formula is C17H36N2. The van der Waals surface area contributed by atoms with E-state index >= 15 is 0 Å². The van der Waals surface area contributed by atoms with Gasteiger partial charge in [-0.05, 0) is 65.3 Å². The van der Waals surface area contributed by atoms with Gasteiger partial charge >= 0.3 is 0 Å². The van der Waals surface area contributed by atoms with Gasteiger partial charge in [-0.15, -0.1) is 0 Å². The molecule has 19 heavy (non-hydrogen) atoms. The van der Waals surface area contributed by atoms with Gasteiger partial charge in [-0.25, -0.2) is 0 Å². The lowest BCUT2D eigenvalue weighted by Crippen LogP contribution is -2.47. The Labute approximate surface area is 121 Å². The van der Waals surface area contributed by atoms with Crippen molar-refractivity contribution in [1.82, 2.24) is 10.6 Å². The minimum atomic E-state index is 0.400. The van der Waals surface area contributed by atoms with Gasteiger partial charge < -0.3 is 10.6 Å². The van der Waals surface area contributed by atoms with E-state index < -0.39 is 0 Å². The molecule has 2 nitrogen and oxygen atoms in total. The van der Waals surface area contributed by atoms with Gasteiger partial charge in [0.15, 0.2) is 0 Å². The molecule has 2 rings (SSSR count). The Balaban J connectivity index is 0.000000191. The second-order valence-corrected chi connectivity index (χ2v) is 7.10. The predicted molar refractivity (Wildman–Crippen MR) is 85.6 cm³/mol. The summed E-state index contributed by atoms with van der Waals surface area (Å²) in [6, 6.07) is 1.55. The van der Waals surface area contributed by atoms with E-state index in [2.05, 4.69) is 45.3 Å². The molecule has 0 radical (unpaired) electrons. The van der Waals surface area contributed by atoms with Crippen LogP contribution in [0.4, 0.5) is 0 Å². The lowest BCUT2D eigenvalue weighted by molar-refractivity contribution is 0.254. The maximum Gasteiger partial charge on any atom is 0.0127 e. The largest absolute Gasteiger partial charge is 0.314 e. The van der Waals surface area contributed by atoms with E-state index in [0.717, 1.165) is 18.0 Å². The lowest BCUT2D eigenvalue weighted by Gasteiger charge is -2.35. The fraction of sp³-hybridized carbons (Fsp3) is 1.00. The van der Waals surface area contributed by atoms with Crippen molar-refractivity contribution in [2.75, 3.05) is 6.54 Å². The molecule has 2 fully saturated rings. The molecule has 0 spiro atoms. The first-order chi connectivity index (χ1) is 8.98. The molecule has 2 N–H and O–H groups in total. The fourth-order valence-electron chi connectivity index (χ4n) is 3.65. The second-order valence-electron chi connectivity index (χ2n) is 7.10. The maximum absolute atomic E-state index is 3.57. The molecule has 0 amide bonds. The summed E-state index contributed by atoms with van der Waals surface area (Å²) in [5.41, 5.74) is 0.400. The molecule has 2 heteroatoms. The van der Waals surface area contributed by atoms with Gasteiger partial charge in [-0.1, -0.05) is 26.7 Å². The summed E-state index contributed by atoms with van der Waals surface area (Å²) in [5.74, 6) is 0.957. The van der Waals surface area contributed by atoms with E-state index in [1.807, 2.05) is 0 Å². The quantitative estimate of drug-likeness (QED) is 0.788. The molecule has 0 bridgehead atoms. The Kier molecular flexibility index (Phi) is 7.38. The van der Waals surface area contributed by atoms with Crippen molar-refractivity contribution in [2.45, 2.75) is 97.2 Å². The van der Waals surface area contributed by atoms with Crippen molar-refractivity contribution in [1.29, 1.82) is 0 Å². The molecule has 0 aromatic heterocycles. The Bertz CT molecular complexity index is 225. The zero-order valence-corrected chi connectivity index (χ0v) is 13.9. The summed E-state index contributed by atoms with van der Waals surface area (Å²) in [6.45, 7) is 12.7. The molecule has 0 aromatic rings. The lowest BCUT2D eigenvalue weighted by atomic mass is 9.87. The number of piperidine rings is 2. The molecule has 114 valence electrons. The van der Waals surface area contributed by atoms with Crippen molar-refractivity contribution in [3.8, 4) is 0 Å². The van der Waals surface area contributed by atoms with E-state index in [-0.39, 0.29) is 0 Å². The number of hydrogen-bond donors (Lipinski definition) is 2. The molecule has 2 saturated heterocycles. The van der Waals surface area contributed by atoms with E-state index in [1.165, 1.54) is 51.5 Å². The molecule has 0 aliphatic carbocycles. The highest BCUT2D eigenvalue weighted by atomic mass is 15.0. The summed E-state index contributed by atoms with van der Waals surface area (Å²) >= 11 is 0. The summed E-state index contributed by atoms with van der Waals surface area (Å²) in [7, 11) is 0. The number of hydrogen-bond acceptors (Lipinski definition) is 2. The zero-order chi connectivity index (χ0) is 14.3. The first-order valence-electron chi connectivity index (χ1n) is 8.49. The number of rotatable bonds is 2. The van der Waals surface area contributed by atoms with Gasteiger partial charge in [0.2, 0.25) is 0 Å². The van der Waals surface area contributed by atoms with Crippen LogP contribution in [0.15, 0.2) is 0 Å². The third kappa shape index (κ3) is 6.27. The van der Waals surface area contributed by atoms with E-state index in [0.29, 0.717) is 5.54 Å². The van der Waals surface area contributed by atoms with Crippen LogP contribution in [-0.2, 0) is 0 Å². The van der Waals surface area contributed by atoms with Gasteiger partial charge in [-0.3, -0.25) is 0 Å². The monoisotopic (exact) mass is 268 g/mol. The standard InChI is InChI=1S/C9H19N.C8H17N/c1-3-8-6-5-7-10-9(8)4-2;1-7-5-4-6-8(2,3)9-7/h8-10H,3-7H2,1-2H3;7,9H,4-6H2,1-3H3. The highest BCUT2D eigenvalue weighted by molar-refractivity contribution is 4.85. The van der Waals surface area contributed by atoms with E-state index in [1.54, 1.807) is 0 Å². The van der Waals surface area contributed by atoms with Crippen LogP contribution in [0.3, 0.4) is 0 Å². The molecule has 2 heterocycles. The first kappa shape index (κ1) is 17.0. The molecule has 0 saturated carbocycles. The summed E-state index contributed by atoms with van der Waals surface area (Å²) in [6.07, 6.45) is 9.56. The summed E-state index contributed by atoms with van der Waals surface area (Å²) in [4.78, 5) is 0. The summed E-state index contributed by atoms with van der Waals surface area (Å²) < 4.78 is 0. The third-order valence-electron chi connectivity index (χ3n) is 4.77. The SMILES string of the molecule is CC1CCCC(C)(C)N1.CCC1CCCNC1CC. The van der Waals surface area contributed by atoms with Gasteiger partial charge in [0.25, 0.3) is 0 Å². The van der Waals surface area contributed by atoms with Crippen LogP contribution in [0.25, 0.3) is 0 Å². The van der Waals surface area contributed by atoms with Crippen LogP contribution in [-0.4, -0.2) is 24.2 Å². The highest BCUT2D eigenvalue weighted by Gasteiger charge is 2.23. The van der Waals surface area contributed by atoms with Crippen molar-refractivity contribution >= 4 is 0 Å². The van der Waals surface area contributed by atoms with Gasteiger partial charge in [0.05, 0.1) is 0 Å². The Morgan fingerprint density at radius 1 is 1.05 bits per heavy atom. The van der Waals surface area contributed by atoms with E-state index in [4.69, 9.17) is 0 Å². The molecule has 2 aliphatic rings. The predicted octanol–water partition coefficient (Wildman–Crippen LogP) is 4.10. The van der Waals surface area contributed by atoms with Gasteiger partial charge in [0, 0.05) is 17.6 Å². The van der Waals surface area contributed by atoms with Crippen molar-refractivity contribution in [3.63, 3.8) is 0 Å². The third-order valence-corrected chi connectivity index (χ3v) is 4.77. The average molecular weight is 268 g/mol. The maximum atomic E-state index is 3.57. The topological polar surface area (TPSA) is 24.1 Å². The van der Waals surface area contributed by atoms with Crippen LogP contribution in [0.5, 0.6) is 0 Å². The first-order valence-corrected chi connectivity index (χ1v) is 8.49. The molecule has 3 unspecified atom stereocenters. The fourth-order valence-corrected chi connectivity index (χ4v) is 3.65. The highest BCUT2D eigenvalue weighted by Crippen LogP contribution is 2.21. The smallest absolute Gasteiger partial charge is 0.0127 e. The van der Waals surface area contributed by atoms with Crippen molar-refractivity contribution < 1.29 is 0 Å².